The van der Waals surface area contributed by atoms with Gasteiger partial charge in [0.15, 0.2) is 0 Å². The number of aromatic nitrogens is 1. The highest BCUT2D eigenvalue weighted by Crippen LogP contribution is 2.16. The van der Waals surface area contributed by atoms with E-state index in [9.17, 15) is 4.79 Å². The first-order chi connectivity index (χ1) is 11.2. The summed E-state index contributed by atoms with van der Waals surface area (Å²) in [5, 5.41) is 9.81. The average Bonchev–Trinajstić information content (AvgIpc) is 3.23. The molecule has 1 aliphatic rings. The quantitative estimate of drug-likeness (QED) is 0.886. The summed E-state index contributed by atoms with van der Waals surface area (Å²) in [6, 6.07) is 10.2. The van der Waals surface area contributed by atoms with Crippen molar-refractivity contribution in [1.29, 1.82) is 0 Å². The summed E-state index contributed by atoms with van der Waals surface area (Å²) in [6.07, 6.45) is 1.73. The molecule has 1 aromatic carbocycles. The minimum atomic E-state index is -0.493. The van der Waals surface area contributed by atoms with Gasteiger partial charge in [-0.15, -0.1) is 11.3 Å². The monoisotopic (exact) mass is 329 g/mol. The lowest BCUT2D eigenvalue weighted by atomic mass is 10.1. The highest BCUT2D eigenvalue weighted by Gasteiger charge is 2.26. The first-order valence-corrected chi connectivity index (χ1v) is 8.59. The van der Waals surface area contributed by atoms with Gasteiger partial charge in [-0.25, -0.2) is 4.98 Å². The van der Waals surface area contributed by atoms with Crippen LogP contribution < -0.4 is 5.32 Å². The zero-order chi connectivity index (χ0) is 16.1. The second-order valence-corrected chi connectivity index (χ2v) is 6.36. The van der Waals surface area contributed by atoms with Crippen LogP contribution in [-0.2, 0) is 22.6 Å². The zero-order valence-corrected chi connectivity index (χ0v) is 13.8. The molecule has 2 aromatic rings. The molecule has 1 aromatic heterocycles. The van der Waals surface area contributed by atoms with E-state index in [0.717, 1.165) is 29.3 Å². The third-order valence-corrected chi connectivity index (χ3v) is 4.57. The van der Waals surface area contributed by atoms with Crippen LogP contribution in [0.3, 0.4) is 0 Å². The number of carbonyl (C=O) groups is 1. The molecule has 1 amide bonds. The Bertz CT molecular complexity index is 697. The van der Waals surface area contributed by atoms with Crippen LogP contribution in [0.25, 0.3) is 0 Å². The first-order valence-electron chi connectivity index (χ1n) is 7.71. The minimum absolute atomic E-state index is 0.130. The molecule has 0 unspecified atom stereocenters. The second-order valence-electron chi connectivity index (χ2n) is 5.42. The lowest BCUT2D eigenvalue weighted by Gasteiger charge is -2.08. The van der Waals surface area contributed by atoms with Gasteiger partial charge in [0.05, 0.1) is 23.0 Å². The van der Waals surface area contributed by atoms with Gasteiger partial charge >= 0.3 is 0 Å². The topological polar surface area (TPSA) is 63.6 Å². The van der Waals surface area contributed by atoms with Crippen molar-refractivity contribution in [3.05, 3.63) is 52.0 Å². The highest BCUT2D eigenvalue weighted by molar-refractivity contribution is 7.09. The molecule has 23 heavy (non-hydrogen) atoms. The van der Waals surface area contributed by atoms with E-state index >= 15 is 0 Å². The van der Waals surface area contributed by atoms with Crippen molar-refractivity contribution in [3.63, 3.8) is 0 Å². The number of nitrogens with one attached hydrogen (secondary N) is 1. The number of hydrogen-bond donors (Lipinski definition) is 1. The summed E-state index contributed by atoms with van der Waals surface area (Å²) in [5.74, 6) is -0.130. The number of thiazole rings is 1. The predicted molar refractivity (Wildman–Crippen MR) is 90.4 cm³/mol. The van der Waals surface area contributed by atoms with E-state index in [1.54, 1.807) is 11.3 Å². The van der Waals surface area contributed by atoms with Gasteiger partial charge < -0.3 is 10.2 Å². The van der Waals surface area contributed by atoms with Gasteiger partial charge in [0.2, 0.25) is 6.10 Å². The number of carbonyl (C=O) groups excluding carboxylic acids is 1. The summed E-state index contributed by atoms with van der Waals surface area (Å²) in [6.45, 7) is 2.43. The molecule has 0 radical (unpaired) electrons. The first kappa shape index (κ1) is 15.7. The largest absolute Gasteiger partial charge is 0.382 e. The SMILES string of the molecule is CCC1=NO[C@@H](C(=O)NCc2csc(Cc3ccccc3)n2)C1. The molecule has 6 heteroatoms. The van der Waals surface area contributed by atoms with Crippen molar-refractivity contribution < 1.29 is 9.63 Å². The molecular weight excluding hydrogens is 310 g/mol. The van der Waals surface area contributed by atoms with Crippen LogP contribution in [0, 0.1) is 0 Å². The second kappa shape index (κ2) is 7.37. The number of amides is 1. The van der Waals surface area contributed by atoms with Crippen molar-refractivity contribution in [2.75, 3.05) is 0 Å². The van der Waals surface area contributed by atoms with Crippen molar-refractivity contribution in [2.45, 2.75) is 38.8 Å². The Morgan fingerprint density at radius 2 is 2.22 bits per heavy atom. The van der Waals surface area contributed by atoms with Crippen LogP contribution in [0.5, 0.6) is 0 Å². The van der Waals surface area contributed by atoms with E-state index in [4.69, 9.17) is 4.84 Å². The van der Waals surface area contributed by atoms with Gasteiger partial charge in [-0.2, -0.15) is 0 Å². The Morgan fingerprint density at radius 1 is 1.39 bits per heavy atom. The van der Waals surface area contributed by atoms with Crippen molar-refractivity contribution >= 4 is 23.0 Å². The predicted octanol–water partition coefficient (Wildman–Crippen LogP) is 2.91. The molecule has 0 saturated carbocycles. The van der Waals surface area contributed by atoms with Gasteiger partial charge in [-0.3, -0.25) is 4.79 Å². The molecule has 3 rings (SSSR count). The zero-order valence-electron chi connectivity index (χ0n) is 13.0. The van der Waals surface area contributed by atoms with Crippen molar-refractivity contribution in [3.8, 4) is 0 Å². The van der Waals surface area contributed by atoms with Crippen LogP contribution in [0.15, 0.2) is 40.9 Å². The van der Waals surface area contributed by atoms with Crippen LogP contribution in [0.1, 0.15) is 36.0 Å². The lowest BCUT2D eigenvalue weighted by Crippen LogP contribution is -2.34. The minimum Gasteiger partial charge on any atom is -0.382 e. The maximum atomic E-state index is 12.0. The molecule has 0 bridgehead atoms. The van der Waals surface area contributed by atoms with Crippen molar-refractivity contribution in [1.82, 2.24) is 10.3 Å². The third-order valence-electron chi connectivity index (χ3n) is 3.67. The van der Waals surface area contributed by atoms with Gasteiger partial charge in [0.25, 0.3) is 5.91 Å². The summed E-state index contributed by atoms with van der Waals surface area (Å²) >= 11 is 1.62. The summed E-state index contributed by atoms with van der Waals surface area (Å²) in [7, 11) is 0. The number of hydrogen-bond acceptors (Lipinski definition) is 5. The fraction of sp³-hybridized carbons (Fsp3) is 0.353. The molecule has 1 N–H and O–H groups in total. The number of rotatable bonds is 6. The third kappa shape index (κ3) is 4.16. The summed E-state index contributed by atoms with van der Waals surface area (Å²) in [5.41, 5.74) is 3.05. The smallest absolute Gasteiger partial charge is 0.264 e. The Hall–Kier alpha value is -2.21. The maximum absolute atomic E-state index is 12.0. The molecule has 1 aliphatic heterocycles. The molecule has 1 atom stereocenters. The van der Waals surface area contributed by atoms with Crippen LogP contribution in [-0.4, -0.2) is 22.7 Å². The fourth-order valence-electron chi connectivity index (χ4n) is 2.35. The Labute approximate surface area is 139 Å². The van der Waals surface area contributed by atoms with Gasteiger partial charge in [0, 0.05) is 18.2 Å². The van der Waals surface area contributed by atoms with Crippen LogP contribution in [0.2, 0.25) is 0 Å². The Balaban J connectivity index is 1.49. The lowest BCUT2D eigenvalue weighted by molar-refractivity contribution is -0.131. The number of nitrogens with zero attached hydrogens (tertiary/aromatic N) is 2. The maximum Gasteiger partial charge on any atom is 0.264 e. The van der Waals surface area contributed by atoms with E-state index in [0.29, 0.717) is 13.0 Å². The van der Waals surface area contributed by atoms with Crippen LogP contribution in [0.4, 0.5) is 0 Å². The van der Waals surface area contributed by atoms with E-state index in [1.807, 2.05) is 30.5 Å². The summed E-state index contributed by atoms with van der Waals surface area (Å²) in [4.78, 5) is 21.8. The number of oxime groups is 1. The highest BCUT2D eigenvalue weighted by atomic mass is 32.1. The average molecular weight is 329 g/mol. The summed E-state index contributed by atoms with van der Waals surface area (Å²) < 4.78 is 0. The van der Waals surface area contributed by atoms with Gasteiger partial charge in [-0.1, -0.05) is 42.4 Å². The molecule has 2 heterocycles. The van der Waals surface area contributed by atoms with Gasteiger partial charge in [0.1, 0.15) is 0 Å². The standard InChI is InChI=1S/C17H19N3O2S/c1-2-13-9-15(22-20-13)17(21)18-10-14-11-23-16(19-14)8-12-6-4-3-5-7-12/h3-7,11,15H,2,8-10H2,1H3,(H,18,21)/t15-/m1/s1. The molecule has 0 fully saturated rings. The molecule has 0 spiro atoms. The molecule has 0 saturated heterocycles. The van der Waals surface area contributed by atoms with E-state index < -0.39 is 6.10 Å². The van der Waals surface area contributed by atoms with Gasteiger partial charge in [-0.05, 0) is 12.0 Å². The Kier molecular flexibility index (Phi) is 5.02. The molecular formula is C17H19N3O2S. The fourth-order valence-corrected chi connectivity index (χ4v) is 3.18. The van der Waals surface area contributed by atoms with Crippen LogP contribution >= 0.6 is 11.3 Å². The van der Waals surface area contributed by atoms with Crippen molar-refractivity contribution in [2.24, 2.45) is 5.16 Å². The van der Waals surface area contributed by atoms with E-state index in [-0.39, 0.29) is 5.91 Å². The number of benzene rings is 1. The molecule has 0 aliphatic carbocycles. The molecule has 120 valence electrons. The van der Waals surface area contributed by atoms with E-state index in [1.165, 1.54) is 5.56 Å². The Morgan fingerprint density at radius 3 is 2.96 bits per heavy atom. The molecule has 5 nitrogen and oxygen atoms in total. The van der Waals surface area contributed by atoms with E-state index in [2.05, 4.69) is 27.6 Å². The normalized spacial score (nSPS) is 16.7.